The first-order valence-electron chi connectivity index (χ1n) is 7.66. The van der Waals surface area contributed by atoms with E-state index in [0.717, 1.165) is 25.9 Å². The molecule has 116 valence electrons. The highest BCUT2D eigenvalue weighted by atomic mass is 35.5. The largest absolute Gasteiger partial charge is 0.377 e. The van der Waals surface area contributed by atoms with E-state index in [2.05, 4.69) is 19.2 Å². The zero-order valence-corrected chi connectivity index (χ0v) is 13.2. The van der Waals surface area contributed by atoms with Crippen LogP contribution in [0.4, 0.5) is 0 Å². The molecule has 20 heavy (non-hydrogen) atoms. The third kappa shape index (κ3) is 2.58. The van der Waals surface area contributed by atoms with E-state index in [1.807, 2.05) is 0 Å². The molecule has 1 amide bonds. The summed E-state index contributed by atoms with van der Waals surface area (Å²) in [5.41, 5.74) is 6.12. The average molecular weight is 303 g/mol. The second-order valence-corrected chi connectivity index (χ2v) is 7.17. The van der Waals surface area contributed by atoms with Crippen molar-refractivity contribution in [1.82, 2.24) is 5.32 Å². The number of fused-ring (bicyclic) bond motifs is 1. The number of hydrogen-bond acceptors (Lipinski definition) is 3. The van der Waals surface area contributed by atoms with Crippen LogP contribution in [0.15, 0.2) is 0 Å². The molecule has 0 radical (unpaired) electrons. The molecule has 0 bridgehead atoms. The Morgan fingerprint density at radius 2 is 2.10 bits per heavy atom. The third-order valence-electron chi connectivity index (χ3n) is 5.58. The van der Waals surface area contributed by atoms with Crippen LogP contribution in [0.2, 0.25) is 0 Å². The Labute approximate surface area is 127 Å². The number of amides is 1. The van der Waals surface area contributed by atoms with Crippen LogP contribution in [-0.2, 0) is 9.53 Å². The van der Waals surface area contributed by atoms with Crippen molar-refractivity contribution in [2.45, 2.75) is 64.1 Å². The van der Waals surface area contributed by atoms with Gasteiger partial charge in [0.05, 0.1) is 6.10 Å². The summed E-state index contributed by atoms with van der Waals surface area (Å²) in [6, 6.07) is 0.507. The van der Waals surface area contributed by atoms with E-state index >= 15 is 0 Å². The van der Waals surface area contributed by atoms with E-state index in [0.29, 0.717) is 24.4 Å². The zero-order chi connectivity index (χ0) is 13.6. The number of halogens is 1. The van der Waals surface area contributed by atoms with Crippen molar-refractivity contribution in [3.63, 3.8) is 0 Å². The summed E-state index contributed by atoms with van der Waals surface area (Å²) in [7, 11) is 0. The predicted molar refractivity (Wildman–Crippen MR) is 80.7 cm³/mol. The van der Waals surface area contributed by atoms with Crippen molar-refractivity contribution in [2.75, 3.05) is 6.61 Å². The number of rotatable bonds is 3. The maximum atomic E-state index is 12.2. The summed E-state index contributed by atoms with van der Waals surface area (Å²) in [6.45, 7) is 5.25. The Hall–Kier alpha value is -0.320. The second-order valence-electron chi connectivity index (χ2n) is 7.17. The molecule has 0 aromatic heterocycles. The highest BCUT2D eigenvalue weighted by Gasteiger charge is 2.59. The highest BCUT2D eigenvalue weighted by Crippen LogP contribution is 2.52. The first-order chi connectivity index (χ1) is 9.00. The minimum atomic E-state index is 0. The maximum Gasteiger partial charge on any atom is 0.220 e. The van der Waals surface area contributed by atoms with E-state index in [1.165, 1.54) is 6.42 Å². The molecule has 3 rings (SSSR count). The van der Waals surface area contributed by atoms with Gasteiger partial charge in [0.2, 0.25) is 5.91 Å². The molecule has 0 spiro atoms. The van der Waals surface area contributed by atoms with Crippen molar-refractivity contribution in [2.24, 2.45) is 23.0 Å². The molecular formula is C15H27ClN2O2. The van der Waals surface area contributed by atoms with Crippen LogP contribution in [-0.4, -0.2) is 30.7 Å². The van der Waals surface area contributed by atoms with Crippen LogP contribution in [0.1, 0.15) is 46.0 Å². The molecule has 5 atom stereocenters. The van der Waals surface area contributed by atoms with Gasteiger partial charge in [0.15, 0.2) is 0 Å². The van der Waals surface area contributed by atoms with Gasteiger partial charge in [0.1, 0.15) is 0 Å². The fourth-order valence-electron chi connectivity index (χ4n) is 4.41. The van der Waals surface area contributed by atoms with Gasteiger partial charge in [-0.15, -0.1) is 12.4 Å². The Kier molecular flexibility index (Phi) is 4.67. The van der Waals surface area contributed by atoms with Crippen LogP contribution in [0.3, 0.4) is 0 Å². The topological polar surface area (TPSA) is 64.4 Å². The lowest BCUT2D eigenvalue weighted by atomic mass is 9.57. The number of hydrogen-bond donors (Lipinski definition) is 2. The quantitative estimate of drug-likeness (QED) is 0.836. The molecule has 3 fully saturated rings. The van der Waals surface area contributed by atoms with Crippen molar-refractivity contribution in [1.29, 1.82) is 0 Å². The van der Waals surface area contributed by atoms with Gasteiger partial charge >= 0.3 is 0 Å². The monoisotopic (exact) mass is 302 g/mol. The number of ether oxygens (including phenoxy) is 1. The molecule has 3 unspecified atom stereocenters. The molecular weight excluding hydrogens is 276 g/mol. The highest BCUT2D eigenvalue weighted by molar-refractivity contribution is 5.85. The summed E-state index contributed by atoms with van der Waals surface area (Å²) in [6.07, 6.45) is 5.38. The zero-order valence-electron chi connectivity index (χ0n) is 12.4. The molecule has 3 N–H and O–H groups in total. The predicted octanol–water partition coefficient (Wildman–Crippen LogP) is 1.86. The van der Waals surface area contributed by atoms with Gasteiger partial charge in [-0.1, -0.05) is 20.3 Å². The minimum absolute atomic E-state index is 0. The number of carbonyl (C=O) groups is 1. The van der Waals surface area contributed by atoms with Gasteiger partial charge in [-0.25, -0.2) is 0 Å². The second kappa shape index (κ2) is 5.82. The molecule has 1 heterocycles. The molecule has 1 saturated heterocycles. The van der Waals surface area contributed by atoms with Crippen molar-refractivity contribution in [3.8, 4) is 0 Å². The molecule has 0 aromatic rings. The summed E-state index contributed by atoms with van der Waals surface area (Å²) in [5.74, 6) is 1.10. The van der Waals surface area contributed by atoms with Gasteiger partial charge in [0.25, 0.3) is 0 Å². The fraction of sp³-hybridized carbons (Fsp3) is 0.933. The lowest BCUT2D eigenvalue weighted by Crippen LogP contribution is -2.66. The summed E-state index contributed by atoms with van der Waals surface area (Å²) in [5, 5.41) is 3.25. The summed E-state index contributed by atoms with van der Waals surface area (Å²) < 4.78 is 5.76. The Balaban J connectivity index is 0.00000147. The normalized spacial score (nSPS) is 41.5. The summed E-state index contributed by atoms with van der Waals surface area (Å²) in [4.78, 5) is 12.2. The molecule has 0 aromatic carbocycles. The van der Waals surface area contributed by atoms with Crippen molar-refractivity contribution >= 4 is 18.3 Å². The van der Waals surface area contributed by atoms with Crippen LogP contribution in [0.25, 0.3) is 0 Å². The van der Waals surface area contributed by atoms with Crippen molar-refractivity contribution < 1.29 is 9.53 Å². The van der Waals surface area contributed by atoms with E-state index in [9.17, 15) is 4.79 Å². The molecule has 5 heteroatoms. The SMILES string of the molecule is CC1(C)C(NC(=O)C[C@@H]2CCC[C@H]2N)C2CCOC21.Cl. The molecule has 4 nitrogen and oxygen atoms in total. The van der Waals surface area contributed by atoms with Gasteiger partial charge in [-0.05, 0) is 25.2 Å². The minimum Gasteiger partial charge on any atom is -0.377 e. The fourth-order valence-corrected chi connectivity index (χ4v) is 4.41. The van der Waals surface area contributed by atoms with E-state index in [4.69, 9.17) is 10.5 Å². The first kappa shape index (κ1) is 16.1. The Morgan fingerprint density at radius 1 is 1.35 bits per heavy atom. The number of nitrogens with two attached hydrogens (primary N) is 1. The molecule has 3 aliphatic rings. The summed E-state index contributed by atoms with van der Waals surface area (Å²) >= 11 is 0. The third-order valence-corrected chi connectivity index (χ3v) is 5.58. The molecule has 1 aliphatic heterocycles. The van der Waals surface area contributed by atoms with Gasteiger partial charge in [-0.3, -0.25) is 4.79 Å². The van der Waals surface area contributed by atoms with Crippen LogP contribution < -0.4 is 11.1 Å². The first-order valence-corrected chi connectivity index (χ1v) is 7.66. The molecule has 2 aliphatic carbocycles. The van der Waals surface area contributed by atoms with E-state index < -0.39 is 0 Å². The standard InChI is InChI=1S/C15H26N2O2.ClH/c1-15(2)13(10-6-7-19-14(10)15)17-12(18)8-9-4-3-5-11(9)16;/h9-11,13-14H,3-8,16H2,1-2H3,(H,17,18);1H/t9-,10?,11+,13?,14?;/m0./s1. The van der Waals surface area contributed by atoms with Crippen LogP contribution in [0, 0.1) is 17.3 Å². The lowest BCUT2D eigenvalue weighted by Gasteiger charge is -2.54. The smallest absolute Gasteiger partial charge is 0.220 e. The number of carbonyl (C=O) groups excluding carboxylic acids is 1. The average Bonchev–Trinajstić information content (AvgIpc) is 2.95. The lowest BCUT2D eigenvalue weighted by molar-refractivity contribution is -0.138. The maximum absolute atomic E-state index is 12.2. The van der Waals surface area contributed by atoms with E-state index in [1.54, 1.807) is 0 Å². The van der Waals surface area contributed by atoms with Crippen molar-refractivity contribution in [3.05, 3.63) is 0 Å². The van der Waals surface area contributed by atoms with E-state index in [-0.39, 0.29) is 35.8 Å². The number of nitrogens with one attached hydrogen (secondary N) is 1. The van der Waals surface area contributed by atoms with Crippen LogP contribution in [0.5, 0.6) is 0 Å². The van der Waals surface area contributed by atoms with Gasteiger partial charge < -0.3 is 15.8 Å². The Bertz CT molecular complexity index is 375. The van der Waals surface area contributed by atoms with Crippen LogP contribution >= 0.6 is 12.4 Å². The Morgan fingerprint density at radius 3 is 2.75 bits per heavy atom. The molecule has 2 saturated carbocycles. The van der Waals surface area contributed by atoms with Gasteiger partial charge in [0, 0.05) is 36.4 Å². The van der Waals surface area contributed by atoms with Gasteiger partial charge in [-0.2, -0.15) is 0 Å².